The van der Waals surface area contributed by atoms with Crippen molar-refractivity contribution in [3.8, 4) is 11.1 Å². The highest BCUT2D eigenvalue weighted by molar-refractivity contribution is 7.89. The van der Waals surface area contributed by atoms with Crippen molar-refractivity contribution in [2.24, 2.45) is 7.05 Å². The van der Waals surface area contributed by atoms with E-state index in [1.807, 2.05) is 13.1 Å². The lowest BCUT2D eigenvalue weighted by atomic mass is 9.90. The van der Waals surface area contributed by atoms with Gasteiger partial charge in [-0.2, -0.15) is 5.10 Å². The average Bonchev–Trinajstić information content (AvgIpc) is 3.62. The van der Waals surface area contributed by atoms with E-state index in [-0.39, 0.29) is 29.4 Å². The first kappa shape index (κ1) is 33.4. The number of carbonyl (C=O) groups excluding carboxylic acids is 1. The maximum absolute atomic E-state index is 14.6. The summed E-state index contributed by atoms with van der Waals surface area (Å²) in [5.74, 6) is -1.04. The molecule has 9 nitrogen and oxygen atoms in total. The van der Waals surface area contributed by atoms with Crippen LogP contribution < -0.4 is 4.72 Å². The molecular weight excluding hydrogens is 607 g/mol. The minimum Gasteiger partial charge on any atom is -0.375 e. The minimum atomic E-state index is -3.27. The molecule has 0 radical (unpaired) electrons. The summed E-state index contributed by atoms with van der Waals surface area (Å²) in [6.45, 7) is 6.95. The first-order chi connectivity index (χ1) is 21.3. The number of halogens is 3. The molecule has 2 saturated heterocycles. The summed E-state index contributed by atoms with van der Waals surface area (Å²) in [6, 6.07) is 7.38. The van der Waals surface area contributed by atoms with E-state index in [9.17, 15) is 26.4 Å². The van der Waals surface area contributed by atoms with Crippen LogP contribution in [0.1, 0.15) is 61.9 Å². The Morgan fingerprint density at radius 3 is 2.60 bits per heavy atom. The van der Waals surface area contributed by atoms with Gasteiger partial charge in [-0.15, -0.1) is 0 Å². The maximum Gasteiger partial charge on any atom is 0.255 e. The molecule has 0 bridgehead atoms. The van der Waals surface area contributed by atoms with Crippen molar-refractivity contribution >= 4 is 26.8 Å². The SMILES string of the molecule is CCS(=O)(=O)N[C@@H]1CC[C@@H](CN2CC[C@@H](c3cc(-c4ccc(F)cc4C(=O)N(CC(F)F)C(C)C)c4cnn(C)c4c3)C2)OC1. The molecule has 3 heterocycles. The summed E-state index contributed by atoms with van der Waals surface area (Å²) in [4.78, 5) is 17.1. The quantitative estimate of drug-likeness (QED) is 0.322. The van der Waals surface area contributed by atoms with Crippen molar-refractivity contribution in [1.29, 1.82) is 0 Å². The summed E-state index contributed by atoms with van der Waals surface area (Å²) in [7, 11) is -1.44. The molecular formula is C32H42F3N5O4S. The molecule has 2 aliphatic heterocycles. The normalized spacial score (nSPS) is 21.3. The van der Waals surface area contributed by atoms with E-state index in [1.165, 1.54) is 6.07 Å². The standard InChI is InChI=1S/C32H42F3N5O4S/c1-5-45(42,43)37-24-7-8-25(44-19-24)17-39-11-10-21(16-39)22-12-27(29-15-36-38(4)30(29)13-22)26-9-6-23(33)14-28(26)32(41)40(20(2)3)18-31(34)35/h6,9,12-15,20-21,24-25,31,37H,5,7-8,10-11,16-19H2,1-4H3/t21-,24-,25+/m1/s1. The van der Waals surface area contributed by atoms with Crippen LogP contribution in [0.25, 0.3) is 22.0 Å². The molecule has 246 valence electrons. The van der Waals surface area contributed by atoms with Gasteiger partial charge in [0.25, 0.3) is 12.3 Å². The predicted octanol–water partition coefficient (Wildman–Crippen LogP) is 4.77. The van der Waals surface area contributed by atoms with Crippen molar-refractivity contribution in [3.63, 3.8) is 0 Å². The number of hydrogen-bond donors (Lipinski definition) is 1. The fraction of sp³-hybridized carbons (Fsp3) is 0.562. The van der Waals surface area contributed by atoms with E-state index >= 15 is 0 Å². The van der Waals surface area contributed by atoms with Crippen molar-refractivity contribution in [2.75, 3.05) is 38.5 Å². The first-order valence-electron chi connectivity index (χ1n) is 15.5. The van der Waals surface area contributed by atoms with E-state index in [1.54, 1.807) is 37.7 Å². The average molecular weight is 650 g/mol. The Labute approximate surface area is 262 Å². The third-order valence-corrected chi connectivity index (χ3v) is 10.4. The molecule has 0 spiro atoms. The van der Waals surface area contributed by atoms with Crippen molar-refractivity contribution in [1.82, 2.24) is 24.3 Å². The lowest BCUT2D eigenvalue weighted by Crippen LogP contribution is -2.45. The number of likely N-dealkylation sites (tertiary alicyclic amines) is 1. The van der Waals surface area contributed by atoms with Gasteiger partial charge in [-0.3, -0.25) is 9.48 Å². The highest BCUT2D eigenvalue weighted by Crippen LogP contribution is 2.38. The number of alkyl halides is 2. The van der Waals surface area contributed by atoms with Crippen LogP contribution in [0.3, 0.4) is 0 Å². The number of aryl methyl sites for hydroxylation is 1. The maximum atomic E-state index is 14.6. The number of carbonyl (C=O) groups is 1. The zero-order valence-electron chi connectivity index (χ0n) is 26.2. The van der Waals surface area contributed by atoms with Gasteiger partial charge in [0, 0.05) is 37.6 Å². The van der Waals surface area contributed by atoms with Crippen LogP contribution in [0, 0.1) is 5.82 Å². The van der Waals surface area contributed by atoms with Gasteiger partial charge in [0.15, 0.2) is 0 Å². The topological polar surface area (TPSA) is 96.8 Å². The zero-order valence-corrected chi connectivity index (χ0v) is 27.0. The number of ether oxygens (including phenoxy) is 1. The molecule has 1 aromatic heterocycles. The number of benzene rings is 2. The molecule has 3 aromatic rings. The van der Waals surface area contributed by atoms with Gasteiger partial charge in [0.1, 0.15) is 5.82 Å². The predicted molar refractivity (Wildman–Crippen MR) is 167 cm³/mol. The molecule has 2 aliphatic rings. The van der Waals surface area contributed by atoms with Crippen molar-refractivity contribution in [2.45, 2.75) is 70.6 Å². The van der Waals surface area contributed by atoms with Crippen LogP contribution >= 0.6 is 0 Å². The number of sulfonamides is 1. The third-order valence-electron chi connectivity index (χ3n) is 8.91. The molecule has 0 saturated carbocycles. The monoisotopic (exact) mass is 649 g/mol. The largest absolute Gasteiger partial charge is 0.375 e. The molecule has 1 N–H and O–H groups in total. The number of rotatable bonds is 11. The van der Waals surface area contributed by atoms with Crippen LogP contribution in [0.15, 0.2) is 36.5 Å². The van der Waals surface area contributed by atoms with E-state index in [0.717, 1.165) is 66.3 Å². The van der Waals surface area contributed by atoms with Gasteiger partial charge >= 0.3 is 0 Å². The summed E-state index contributed by atoms with van der Waals surface area (Å²) in [5, 5.41) is 5.23. The molecule has 0 aliphatic carbocycles. The van der Waals surface area contributed by atoms with Crippen LogP contribution in [0.5, 0.6) is 0 Å². The van der Waals surface area contributed by atoms with Gasteiger partial charge in [-0.05, 0) is 93.5 Å². The lowest BCUT2D eigenvalue weighted by Gasteiger charge is -2.31. The Morgan fingerprint density at radius 2 is 1.93 bits per heavy atom. The van der Waals surface area contributed by atoms with Crippen LogP contribution in [0.4, 0.5) is 13.2 Å². The van der Waals surface area contributed by atoms with Gasteiger partial charge in [0.2, 0.25) is 10.0 Å². The smallest absolute Gasteiger partial charge is 0.255 e. The fourth-order valence-corrected chi connectivity index (χ4v) is 7.29. The van der Waals surface area contributed by atoms with E-state index in [4.69, 9.17) is 4.74 Å². The van der Waals surface area contributed by atoms with E-state index in [2.05, 4.69) is 20.8 Å². The van der Waals surface area contributed by atoms with E-state index < -0.39 is 40.8 Å². The zero-order chi connectivity index (χ0) is 32.5. The van der Waals surface area contributed by atoms with Crippen LogP contribution in [0.2, 0.25) is 0 Å². The molecule has 2 fully saturated rings. The number of nitrogens with zero attached hydrogens (tertiary/aromatic N) is 4. The van der Waals surface area contributed by atoms with Gasteiger partial charge in [0.05, 0.1) is 42.3 Å². The van der Waals surface area contributed by atoms with Crippen molar-refractivity contribution < 1.29 is 31.1 Å². The Kier molecular flexibility index (Phi) is 10.2. The second-order valence-corrected chi connectivity index (χ2v) is 14.4. The van der Waals surface area contributed by atoms with Gasteiger partial charge < -0.3 is 14.5 Å². The highest BCUT2D eigenvalue weighted by Gasteiger charge is 2.31. The molecule has 0 unspecified atom stereocenters. The molecule has 13 heteroatoms. The second kappa shape index (κ2) is 13.8. The third kappa shape index (κ3) is 7.70. The Hall–Kier alpha value is -3.00. The number of aromatic nitrogens is 2. The summed E-state index contributed by atoms with van der Waals surface area (Å²) in [6.07, 6.45) is 1.41. The van der Waals surface area contributed by atoms with Crippen LogP contribution in [-0.4, -0.2) is 97.1 Å². The molecule has 3 atom stereocenters. The Balaban J connectivity index is 1.38. The molecule has 1 amide bonds. The molecule has 45 heavy (non-hydrogen) atoms. The second-order valence-electron chi connectivity index (χ2n) is 12.4. The summed E-state index contributed by atoms with van der Waals surface area (Å²) < 4.78 is 75.7. The highest BCUT2D eigenvalue weighted by atomic mass is 32.2. The number of fused-ring (bicyclic) bond motifs is 1. The van der Waals surface area contributed by atoms with Gasteiger partial charge in [-0.25, -0.2) is 26.3 Å². The number of nitrogens with one attached hydrogen (secondary N) is 1. The molecule has 2 aromatic carbocycles. The summed E-state index contributed by atoms with van der Waals surface area (Å²) >= 11 is 0. The first-order valence-corrected chi connectivity index (χ1v) is 17.2. The number of amides is 1. The lowest BCUT2D eigenvalue weighted by molar-refractivity contribution is -0.0141. The fourth-order valence-electron chi connectivity index (χ4n) is 6.43. The summed E-state index contributed by atoms with van der Waals surface area (Å²) in [5.41, 5.74) is 3.12. The molecule has 5 rings (SSSR count). The minimum absolute atomic E-state index is 0.0196. The number of hydrogen-bond acceptors (Lipinski definition) is 6. The Bertz CT molecular complexity index is 1620. The van der Waals surface area contributed by atoms with Gasteiger partial charge in [-0.1, -0.05) is 6.07 Å². The van der Waals surface area contributed by atoms with Crippen molar-refractivity contribution in [3.05, 3.63) is 53.5 Å². The Morgan fingerprint density at radius 1 is 1.16 bits per heavy atom. The van der Waals surface area contributed by atoms with E-state index in [0.29, 0.717) is 17.7 Å². The van der Waals surface area contributed by atoms with Crippen LogP contribution in [-0.2, 0) is 21.8 Å².